The lowest BCUT2D eigenvalue weighted by Crippen LogP contribution is -2.56. The number of piperazine rings is 2. The fraction of sp³-hybridized carbons (Fsp3) is 0.412. The lowest BCUT2D eigenvalue weighted by Gasteiger charge is -2.41. The third kappa shape index (κ3) is 6.56. The number of carbonyl (C=O) groups excluding carboxylic acids is 2. The predicted molar refractivity (Wildman–Crippen MR) is 166 cm³/mol. The van der Waals surface area contributed by atoms with Crippen LogP contribution in [0.1, 0.15) is 40.5 Å². The van der Waals surface area contributed by atoms with Gasteiger partial charge in [-0.25, -0.2) is 8.78 Å². The Labute approximate surface area is 257 Å². The topological polar surface area (TPSA) is 77.2 Å². The van der Waals surface area contributed by atoms with Crippen LogP contribution in [0.15, 0.2) is 60.7 Å². The highest BCUT2D eigenvalue weighted by Crippen LogP contribution is 2.34. The van der Waals surface area contributed by atoms with Crippen molar-refractivity contribution >= 4 is 17.5 Å². The first-order valence-electron chi connectivity index (χ1n) is 15.5. The molecule has 3 aromatic carbocycles. The summed E-state index contributed by atoms with van der Waals surface area (Å²) in [7, 11) is 0. The highest BCUT2D eigenvalue weighted by Gasteiger charge is 2.33. The normalized spacial score (nSPS) is 20.6. The van der Waals surface area contributed by atoms with E-state index in [0.29, 0.717) is 48.6 Å². The number of hydrogen-bond acceptors (Lipinski definition) is 6. The van der Waals surface area contributed by atoms with Gasteiger partial charge in [-0.2, -0.15) is 0 Å². The minimum atomic E-state index is -0.432. The second-order valence-corrected chi connectivity index (χ2v) is 11.7. The lowest BCUT2D eigenvalue weighted by atomic mass is 9.99. The van der Waals surface area contributed by atoms with Crippen molar-refractivity contribution in [2.45, 2.75) is 31.9 Å². The first-order chi connectivity index (χ1) is 21.4. The van der Waals surface area contributed by atoms with Crippen LogP contribution in [0.5, 0.6) is 5.75 Å². The van der Waals surface area contributed by atoms with Crippen LogP contribution in [0.4, 0.5) is 14.5 Å². The molecule has 3 aliphatic heterocycles. The van der Waals surface area contributed by atoms with E-state index in [1.54, 1.807) is 29.2 Å². The highest BCUT2D eigenvalue weighted by molar-refractivity contribution is 5.98. The van der Waals surface area contributed by atoms with E-state index >= 15 is 0 Å². The molecule has 0 saturated carbocycles. The molecule has 0 aromatic heterocycles. The number of amides is 2. The largest absolute Gasteiger partial charge is 0.488 e. The molecule has 3 fully saturated rings. The van der Waals surface area contributed by atoms with Crippen LogP contribution in [0, 0.1) is 11.6 Å². The molecule has 0 spiro atoms. The van der Waals surface area contributed by atoms with Gasteiger partial charge in [-0.1, -0.05) is 19.1 Å². The molecule has 8 nitrogen and oxygen atoms in total. The summed E-state index contributed by atoms with van der Waals surface area (Å²) in [4.78, 5) is 33.1. The van der Waals surface area contributed by atoms with Crippen LogP contribution in [-0.2, 0) is 0 Å². The second-order valence-electron chi connectivity index (χ2n) is 11.7. The number of rotatable bonds is 7. The van der Waals surface area contributed by atoms with Crippen molar-refractivity contribution in [3.63, 3.8) is 0 Å². The van der Waals surface area contributed by atoms with Gasteiger partial charge in [0, 0.05) is 80.8 Å². The molecular weight excluding hydrogens is 564 g/mol. The molecule has 3 heterocycles. The minimum absolute atomic E-state index is 0.0249. The van der Waals surface area contributed by atoms with Gasteiger partial charge < -0.3 is 30.1 Å². The lowest BCUT2D eigenvalue weighted by molar-refractivity contribution is 0.0380. The van der Waals surface area contributed by atoms with Gasteiger partial charge in [0.15, 0.2) is 0 Å². The molecule has 2 N–H and O–H groups in total. The van der Waals surface area contributed by atoms with Crippen LogP contribution >= 0.6 is 0 Å². The molecule has 0 bridgehead atoms. The minimum Gasteiger partial charge on any atom is -0.488 e. The maximum absolute atomic E-state index is 14.6. The van der Waals surface area contributed by atoms with Crippen LogP contribution in [-0.4, -0.2) is 92.7 Å². The zero-order valence-corrected chi connectivity index (χ0v) is 25.0. The van der Waals surface area contributed by atoms with Gasteiger partial charge in [0.2, 0.25) is 0 Å². The SMILES string of the molecule is CCC1CN(C(=O)c2cc(F)cc(N3CCNCC3)c2)CCN1C(=O)c1ccc(OC2CCNC2)c(-c2ccc(F)cc2)c1. The summed E-state index contributed by atoms with van der Waals surface area (Å²) in [6, 6.07) is 16.0. The molecule has 232 valence electrons. The number of ether oxygens (including phenoxy) is 1. The first-order valence-corrected chi connectivity index (χ1v) is 15.5. The van der Waals surface area contributed by atoms with Crippen LogP contribution in [0.25, 0.3) is 11.1 Å². The monoisotopic (exact) mass is 603 g/mol. The van der Waals surface area contributed by atoms with Gasteiger partial charge in [0.1, 0.15) is 23.5 Å². The van der Waals surface area contributed by atoms with Crippen molar-refractivity contribution in [1.82, 2.24) is 20.4 Å². The average Bonchev–Trinajstić information content (AvgIpc) is 3.57. The molecule has 3 aromatic rings. The maximum atomic E-state index is 14.6. The molecule has 44 heavy (non-hydrogen) atoms. The molecule has 3 saturated heterocycles. The fourth-order valence-corrected chi connectivity index (χ4v) is 6.34. The van der Waals surface area contributed by atoms with E-state index in [0.717, 1.165) is 56.8 Å². The number of nitrogens with one attached hydrogen (secondary N) is 2. The summed E-state index contributed by atoms with van der Waals surface area (Å²) < 4.78 is 34.7. The Kier molecular flexibility index (Phi) is 9.09. The zero-order valence-electron chi connectivity index (χ0n) is 25.0. The van der Waals surface area contributed by atoms with Crippen molar-refractivity contribution in [2.24, 2.45) is 0 Å². The van der Waals surface area contributed by atoms with Gasteiger partial charge in [-0.05, 0) is 73.5 Å². The van der Waals surface area contributed by atoms with E-state index in [1.807, 2.05) is 24.0 Å². The Morgan fingerprint density at radius 2 is 1.64 bits per heavy atom. The van der Waals surface area contributed by atoms with Gasteiger partial charge >= 0.3 is 0 Å². The van der Waals surface area contributed by atoms with E-state index < -0.39 is 5.82 Å². The molecule has 0 radical (unpaired) electrons. The Hall–Kier alpha value is -4.02. The number of hydrogen-bond donors (Lipinski definition) is 2. The Morgan fingerprint density at radius 3 is 2.36 bits per heavy atom. The van der Waals surface area contributed by atoms with Crippen molar-refractivity contribution in [3.05, 3.63) is 83.4 Å². The average molecular weight is 604 g/mol. The summed E-state index contributed by atoms with van der Waals surface area (Å²) in [6.07, 6.45) is 1.57. The number of nitrogens with zero attached hydrogens (tertiary/aromatic N) is 3. The molecule has 10 heteroatoms. The van der Waals surface area contributed by atoms with Gasteiger partial charge in [0.05, 0.1) is 0 Å². The predicted octanol–water partition coefficient (Wildman–Crippen LogP) is 4.16. The van der Waals surface area contributed by atoms with Crippen molar-refractivity contribution in [3.8, 4) is 16.9 Å². The summed E-state index contributed by atoms with van der Waals surface area (Å²) >= 11 is 0. The number of carbonyl (C=O) groups is 2. The van der Waals surface area contributed by atoms with E-state index in [-0.39, 0.29) is 29.8 Å². The van der Waals surface area contributed by atoms with E-state index in [1.165, 1.54) is 24.3 Å². The number of halogens is 2. The Balaban J connectivity index is 1.20. The van der Waals surface area contributed by atoms with Gasteiger partial charge in [0.25, 0.3) is 11.8 Å². The zero-order chi connectivity index (χ0) is 30.6. The maximum Gasteiger partial charge on any atom is 0.254 e. The third-order valence-electron chi connectivity index (χ3n) is 8.80. The highest BCUT2D eigenvalue weighted by atomic mass is 19.1. The van der Waals surface area contributed by atoms with E-state index in [9.17, 15) is 18.4 Å². The summed E-state index contributed by atoms with van der Waals surface area (Å²) in [6.45, 7) is 7.84. The molecule has 6 rings (SSSR count). The van der Waals surface area contributed by atoms with Crippen LogP contribution in [0.2, 0.25) is 0 Å². The van der Waals surface area contributed by atoms with Gasteiger partial charge in [-0.3, -0.25) is 9.59 Å². The van der Waals surface area contributed by atoms with Crippen molar-refractivity contribution < 1.29 is 23.1 Å². The van der Waals surface area contributed by atoms with E-state index in [2.05, 4.69) is 15.5 Å². The molecule has 2 atom stereocenters. The van der Waals surface area contributed by atoms with Crippen molar-refractivity contribution in [1.29, 1.82) is 0 Å². The Bertz CT molecular complexity index is 1490. The van der Waals surface area contributed by atoms with E-state index in [4.69, 9.17) is 4.74 Å². The Morgan fingerprint density at radius 1 is 0.841 bits per heavy atom. The molecule has 2 unspecified atom stereocenters. The first kappa shape index (κ1) is 30.0. The summed E-state index contributed by atoms with van der Waals surface area (Å²) in [5.74, 6) is -0.473. The van der Waals surface area contributed by atoms with Crippen molar-refractivity contribution in [2.75, 3.05) is 63.8 Å². The summed E-state index contributed by atoms with van der Waals surface area (Å²) in [5, 5.41) is 6.59. The fourth-order valence-electron chi connectivity index (χ4n) is 6.34. The molecular formula is C34H39F2N5O3. The smallest absolute Gasteiger partial charge is 0.254 e. The number of benzene rings is 3. The molecule has 3 aliphatic rings. The second kappa shape index (κ2) is 13.3. The van der Waals surface area contributed by atoms with Crippen LogP contribution < -0.4 is 20.3 Å². The third-order valence-corrected chi connectivity index (χ3v) is 8.80. The molecule has 2 amide bonds. The standard InChI is InChI=1S/C34H39F2N5O3/c1-2-28-22-40(33(42)25-17-27(36)20-29(18-25)39-13-11-37-12-14-39)15-16-41(28)34(43)24-5-8-32(44-30-9-10-38-21-30)31(19-24)23-3-6-26(35)7-4-23/h3-8,17-20,28,30,37-38H,2,9-16,21-22H2,1H3. The number of anilines is 1. The quantitative estimate of drug-likeness (QED) is 0.423. The summed E-state index contributed by atoms with van der Waals surface area (Å²) in [5.41, 5.74) is 3.04. The van der Waals surface area contributed by atoms with Crippen LogP contribution in [0.3, 0.4) is 0 Å². The molecule has 0 aliphatic carbocycles. The van der Waals surface area contributed by atoms with Gasteiger partial charge in [-0.15, -0.1) is 0 Å².